The molecule has 0 aromatic carbocycles. The number of hydrogen-bond donors (Lipinski definition) is 0. The SMILES string of the molecule is Cn1c(CN2CCO[C@@H](Cn3cccn3)C2)cc(=O)n(C)c1=O. The van der Waals surface area contributed by atoms with Crippen LogP contribution in [0.5, 0.6) is 0 Å². The van der Waals surface area contributed by atoms with Gasteiger partial charge in [0, 0.05) is 57.9 Å². The fraction of sp³-hybridized carbons (Fsp3) is 0.533. The van der Waals surface area contributed by atoms with Gasteiger partial charge in [0.05, 0.1) is 19.3 Å². The molecule has 3 rings (SSSR count). The summed E-state index contributed by atoms with van der Waals surface area (Å²) in [6, 6.07) is 3.41. The van der Waals surface area contributed by atoms with Crippen LogP contribution in [-0.2, 0) is 31.9 Å². The van der Waals surface area contributed by atoms with Crippen molar-refractivity contribution in [2.24, 2.45) is 14.1 Å². The Labute approximate surface area is 133 Å². The molecule has 0 aliphatic carbocycles. The Balaban J connectivity index is 1.71. The minimum absolute atomic E-state index is 0.0484. The molecule has 1 atom stereocenters. The van der Waals surface area contributed by atoms with Crippen molar-refractivity contribution < 1.29 is 4.74 Å². The van der Waals surface area contributed by atoms with E-state index in [2.05, 4.69) is 10.00 Å². The Bertz CT molecular complexity index is 777. The molecule has 1 fully saturated rings. The van der Waals surface area contributed by atoms with Crippen molar-refractivity contribution in [3.8, 4) is 0 Å². The van der Waals surface area contributed by atoms with Gasteiger partial charge in [-0.3, -0.25) is 23.5 Å². The van der Waals surface area contributed by atoms with E-state index in [-0.39, 0.29) is 17.4 Å². The van der Waals surface area contributed by atoms with E-state index < -0.39 is 0 Å². The average molecular weight is 319 g/mol. The Morgan fingerprint density at radius 1 is 1.30 bits per heavy atom. The highest BCUT2D eigenvalue weighted by atomic mass is 16.5. The van der Waals surface area contributed by atoms with Gasteiger partial charge in [0.25, 0.3) is 5.56 Å². The van der Waals surface area contributed by atoms with E-state index in [0.717, 1.165) is 23.4 Å². The Hall–Kier alpha value is -2.19. The second kappa shape index (κ2) is 6.51. The molecule has 2 aromatic heterocycles. The molecule has 1 aliphatic heterocycles. The van der Waals surface area contributed by atoms with Gasteiger partial charge in [-0.2, -0.15) is 5.10 Å². The van der Waals surface area contributed by atoms with E-state index in [1.54, 1.807) is 13.2 Å². The summed E-state index contributed by atoms with van der Waals surface area (Å²) in [6.07, 6.45) is 3.70. The third-order valence-electron chi connectivity index (χ3n) is 4.18. The largest absolute Gasteiger partial charge is 0.374 e. The van der Waals surface area contributed by atoms with E-state index in [1.165, 1.54) is 17.7 Å². The lowest BCUT2D eigenvalue weighted by molar-refractivity contribution is -0.0408. The minimum Gasteiger partial charge on any atom is -0.374 e. The fourth-order valence-electron chi connectivity index (χ4n) is 2.81. The number of nitrogens with zero attached hydrogens (tertiary/aromatic N) is 5. The summed E-state index contributed by atoms with van der Waals surface area (Å²) in [5.74, 6) is 0. The number of hydrogen-bond acceptors (Lipinski definition) is 5. The first kappa shape index (κ1) is 15.7. The highest BCUT2D eigenvalue weighted by molar-refractivity contribution is 5.02. The summed E-state index contributed by atoms with van der Waals surface area (Å²) in [7, 11) is 3.18. The quantitative estimate of drug-likeness (QED) is 0.736. The van der Waals surface area contributed by atoms with Crippen molar-refractivity contribution in [2.45, 2.75) is 19.2 Å². The molecular weight excluding hydrogens is 298 g/mol. The second-order valence-corrected chi connectivity index (χ2v) is 5.83. The molecule has 1 aliphatic rings. The van der Waals surface area contributed by atoms with Crippen molar-refractivity contribution in [2.75, 3.05) is 19.7 Å². The lowest BCUT2D eigenvalue weighted by Crippen LogP contribution is -2.45. The lowest BCUT2D eigenvalue weighted by atomic mass is 10.2. The molecule has 124 valence electrons. The summed E-state index contributed by atoms with van der Waals surface area (Å²) >= 11 is 0. The molecule has 3 heterocycles. The zero-order chi connectivity index (χ0) is 16.4. The molecule has 23 heavy (non-hydrogen) atoms. The van der Waals surface area contributed by atoms with E-state index in [9.17, 15) is 9.59 Å². The Morgan fingerprint density at radius 2 is 2.13 bits per heavy atom. The van der Waals surface area contributed by atoms with E-state index in [1.807, 2.05) is 16.9 Å². The summed E-state index contributed by atoms with van der Waals surface area (Å²) in [5, 5.41) is 4.20. The van der Waals surface area contributed by atoms with Gasteiger partial charge in [-0.1, -0.05) is 0 Å². The molecule has 1 saturated heterocycles. The Kier molecular flexibility index (Phi) is 4.44. The van der Waals surface area contributed by atoms with Crippen LogP contribution in [0, 0.1) is 0 Å². The molecule has 0 spiro atoms. The van der Waals surface area contributed by atoms with Crippen LogP contribution >= 0.6 is 0 Å². The smallest absolute Gasteiger partial charge is 0.330 e. The molecule has 8 heteroatoms. The number of morpholine rings is 1. The van der Waals surface area contributed by atoms with Crippen LogP contribution in [0.1, 0.15) is 5.69 Å². The zero-order valence-corrected chi connectivity index (χ0v) is 13.4. The van der Waals surface area contributed by atoms with Gasteiger partial charge < -0.3 is 4.74 Å². The van der Waals surface area contributed by atoms with Crippen molar-refractivity contribution in [1.29, 1.82) is 0 Å². The van der Waals surface area contributed by atoms with E-state index in [0.29, 0.717) is 19.7 Å². The van der Waals surface area contributed by atoms with E-state index in [4.69, 9.17) is 4.74 Å². The van der Waals surface area contributed by atoms with Crippen molar-refractivity contribution in [3.05, 3.63) is 51.1 Å². The summed E-state index contributed by atoms with van der Waals surface area (Å²) in [5.41, 5.74) is 0.149. The molecule has 0 saturated carbocycles. The molecule has 0 unspecified atom stereocenters. The molecule has 2 aromatic rings. The van der Waals surface area contributed by atoms with Crippen molar-refractivity contribution in [1.82, 2.24) is 23.8 Å². The number of aromatic nitrogens is 4. The van der Waals surface area contributed by atoms with Gasteiger partial charge in [0.2, 0.25) is 0 Å². The van der Waals surface area contributed by atoms with Crippen LogP contribution in [0.25, 0.3) is 0 Å². The lowest BCUT2D eigenvalue weighted by Gasteiger charge is -2.33. The minimum atomic E-state index is -0.297. The molecular formula is C15H21N5O3. The first-order chi connectivity index (χ1) is 11.0. The topological polar surface area (TPSA) is 74.3 Å². The number of ether oxygens (including phenoxy) is 1. The maximum atomic E-state index is 12.0. The van der Waals surface area contributed by atoms with E-state index >= 15 is 0 Å². The molecule has 0 radical (unpaired) electrons. The maximum Gasteiger partial charge on any atom is 0.330 e. The standard InChI is InChI=1S/C15H21N5O3/c1-17-12(8-14(21)18(2)15(17)22)9-19-6-7-23-13(10-19)11-20-5-3-4-16-20/h3-5,8,13H,6-7,9-11H2,1-2H3/t13-/m1/s1. The van der Waals surface area contributed by atoms with Gasteiger partial charge >= 0.3 is 5.69 Å². The van der Waals surface area contributed by atoms with Gasteiger partial charge in [0.1, 0.15) is 0 Å². The van der Waals surface area contributed by atoms with Crippen molar-refractivity contribution >= 4 is 0 Å². The first-order valence-electron chi connectivity index (χ1n) is 7.62. The number of rotatable bonds is 4. The summed E-state index contributed by atoms with van der Waals surface area (Å²) in [6.45, 7) is 3.40. The third kappa shape index (κ3) is 3.43. The van der Waals surface area contributed by atoms with Crippen LogP contribution in [0.4, 0.5) is 0 Å². The summed E-state index contributed by atoms with van der Waals surface area (Å²) < 4.78 is 10.3. The molecule has 8 nitrogen and oxygen atoms in total. The average Bonchev–Trinajstić information content (AvgIpc) is 3.04. The highest BCUT2D eigenvalue weighted by Gasteiger charge is 2.22. The third-order valence-corrected chi connectivity index (χ3v) is 4.18. The van der Waals surface area contributed by atoms with Gasteiger partial charge in [0.15, 0.2) is 0 Å². The zero-order valence-electron chi connectivity index (χ0n) is 13.4. The van der Waals surface area contributed by atoms with Crippen molar-refractivity contribution in [3.63, 3.8) is 0 Å². The van der Waals surface area contributed by atoms with Crippen LogP contribution in [-0.4, -0.2) is 49.6 Å². The van der Waals surface area contributed by atoms with Gasteiger partial charge in [-0.05, 0) is 6.07 Å². The van der Waals surface area contributed by atoms with Crippen LogP contribution in [0.3, 0.4) is 0 Å². The predicted octanol–water partition coefficient (Wildman–Crippen LogP) is -0.818. The van der Waals surface area contributed by atoms with Gasteiger partial charge in [-0.15, -0.1) is 0 Å². The van der Waals surface area contributed by atoms with Gasteiger partial charge in [-0.25, -0.2) is 4.79 Å². The first-order valence-corrected chi connectivity index (χ1v) is 7.62. The maximum absolute atomic E-state index is 12.0. The fourth-order valence-corrected chi connectivity index (χ4v) is 2.81. The summed E-state index contributed by atoms with van der Waals surface area (Å²) in [4.78, 5) is 26.0. The molecule has 0 bridgehead atoms. The van der Waals surface area contributed by atoms with Crippen LogP contribution in [0.2, 0.25) is 0 Å². The second-order valence-electron chi connectivity index (χ2n) is 5.83. The monoisotopic (exact) mass is 319 g/mol. The normalized spacial score (nSPS) is 19.1. The Morgan fingerprint density at radius 3 is 2.87 bits per heavy atom. The molecule has 0 amide bonds. The highest BCUT2D eigenvalue weighted by Crippen LogP contribution is 2.10. The predicted molar refractivity (Wildman–Crippen MR) is 84.2 cm³/mol. The molecule has 0 N–H and O–H groups in total. The van der Waals surface area contributed by atoms with Crippen LogP contribution in [0.15, 0.2) is 34.1 Å². The van der Waals surface area contributed by atoms with Crippen LogP contribution < -0.4 is 11.2 Å².